The molecule has 2 heterocycles. The number of hydrogen-bond acceptors (Lipinski definition) is 8. The first-order valence-electron chi connectivity index (χ1n) is 11.4. The van der Waals surface area contributed by atoms with E-state index in [2.05, 4.69) is 53.3 Å². The summed E-state index contributed by atoms with van der Waals surface area (Å²) in [4.78, 5) is 11.1. The highest BCUT2D eigenvalue weighted by atomic mass is 16.5. The van der Waals surface area contributed by atoms with Crippen molar-refractivity contribution >= 4 is 5.97 Å². The summed E-state index contributed by atoms with van der Waals surface area (Å²) >= 11 is 0. The SMILES string of the molecule is CC(=O)Oc1ccc(-c2nnc(-c3cccc(-c4nnc(-c5ccc(C(C)(C)C)cc5)o4)c3)o2)cc1. The Morgan fingerprint density at radius 3 is 1.56 bits per heavy atom. The van der Waals surface area contributed by atoms with Crippen LogP contribution >= 0.6 is 0 Å². The number of ether oxygens (including phenoxy) is 1. The highest BCUT2D eigenvalue weighted by molar-refractivity contribution is 5.70. The molecule has 3 aromatic carbocycles. The lowest BCUT2D eigenvalue weighted by molar-refractivity contribution is -0.131. The first-order chi connectivity index (χ1) is 17.3. The highest BCUT2D eigenvalue weighted by Crippen LogP contribution is 2.30. The van der Waals surface area contributed by atoms with E-state index in [-0.39, 0.29) is 11.4 Å². The zero-order valence-electron chi connectivity index (χ0n) is 20.4. The Kier molecular flexibility index (Phi) is 5.93. The molecule has 0 spiro atoms. The molecule has 0 unspecified atom stereocenters. The third kappa shape index (κ3) is 4.93. The van der Waals surface area contributed by atoms with Crippen LogP contribution in [-0.4, -0.2) is 26.4 Å². The minimum absolute atomic E-state index is 0.0704. The van der Waals surface area contributed by atoms with Gasteiger partial charge in [0, 0.05) is 29.2 Å². The van der Waals surface area contributed by atoms with Crippen molar-refractivity contribution < 1.29 is 18.4 Å². The van der Waals surface area contributed by atoms with Crippen molar-refractivity contribution in [2.75, 3.05) is 0 Å². The number of benzene rings is 3. The third-order valence-electron chi connectivity index (χ3n) is 5.57. The fourth-order valence-electron chi connectivity index (χ4n) is 3.64. The zero-order valence-corrected chi connectivity index (χ0v) is 20.4. The summed E-state index contributed by atoms with van der Waals surface area (Å²) < 4.78 is 16.9. The zero-order chi connectivity index (χ0) is 25.3. The van der Waals surface area contributed by atoms with E-state index in [1.165, 1.54) is 12.5 Å². The largest absolute Gasteiger partial charge is 0.427 e. The highest BCUT2D eigenvalue weighted by Gasteiger charge is 2.17. The van der Waals surface area contributed by atoms with Crippen molar-refractivity contribution in [3.8, 4) is 51.6 Å². The normalized spacial score (nSPS) is 11.4. The fourth-order valence-corrected chi connectivity index (χ4v) is 3.64. The van der Waals surface area contributed by atoms with Gasteiger partial charge in [0.1, 0.15) is 5.75 Å². The lowest BCUT2D eigenvalue weighted by Crippen LogP contribution is -2.10. The van der Waals surface area contributed by atoms with Gasteiger partial charge in [-0.1, -0.05) is 39.0 Å². The average molecular weight is 481 g/mol. The van der Waals surface area contributed by atoms with Gasteiger partial charge >= 0.3 is 5.97 Å². The first-order valence-corrected chi connectivity index (χ1v) is 11.4. The number of carbonyl (C=O) groups excluding carboxylic acids is 1. The van der Waals surface area contributed by atoms with Gasteiger partial charge in [0.25, 0.3) is 0 Å². The lowest BCUT2D eigenvalue weighted by atomic mass is 9.87. The standard InChI is InChI=1S/C28H24N4O4/c1-17(33)34-23-14-10-19(11-15-23)25-30-32-27(36-25)21-7-5-6-20(16-21)26-31-29-24(35-26)18-8-12-22(13-9-18)28(2,3)4/h5-16H,1-4H3. The molecule has 5 aromatic rings. The number of hydrogen-bond donors (Lipinski definition) is 0. The van der Waals surface area contributed by atoms with Crippen LogP contribution in [0.5, 0.6) is 5.75 Å². The molecule has 0 atom stereocenters. The number of rotatable bonds is 5. The van der Waals surface area contributed by atoms with Gasteiger partial charge in [-0.05, 0) is 65.6 Å². The first kappa shape index (κ1) is 23.2. The predicted octanol–water partition coefficient (Wildman–Crippen LogP) is 6.34. The second-order valence-electron chi connectivity index (χ2n) is 9.35. The second-order valence-corrected chi connectivity index (χ2v) is 9.35. The monoisotopic (exact) mass is 480 g/mol. The van der Waals surface area contributed by atoms with E-state index in [0.29, 0.717) is 34.9 Å². The molecule has 0 aliphatic rings. The Labute approximate surface area is 208 Å². The van der Waals surface area contributed by atoms with Crippen molar-refractivity contribution in [3.05, 3.63) is 78.4 Å². The minimum atomic E-state index is -0.380. The molecule has 8 nitrogen and oxygen atoms in total. The molecule has 36 heavy (non-hydrogen) atoms. The van der Waals surface area contributed by atoms with Gasteiger partial charge in [0.2, 0.25) is 23.6 Å². The topological polar surface area (TPSA) is 104 Å². The van der Waals surface area contributed by atoms with Gasteiger partial charge in [-0.2, -0.15) is 0 Å². The number of esters is 1. The summed E-state index contributed by atoms with van der Waals surface area (Å²) in [5, 5.41) is 16.8. The van der Waals surface area contributed by atoms with Gasteiger partial charge < -0.3 is 13.6 Å². The molecule has 0 saturated carbocycles. The van der Waals surface area contributed by atoms with Crippen molar-refractivity contribution in [2.45, 2.75) is 33.1 Å². The summed E-state index contributed by atoms with van der Waals surface area (Å²) in [7, 11) is 0. The van der Waals surface area contributed by atoms with Crippen LogP contribution in [0.4, 0.5) is 0 Å². The van der Waals surface area contributed by atoms with E-state index in [1.54, 1.807) is 24.3 Å². The molecule has 0 N–H and O–H groups in total. The maximum atomic E-state index is 11.1. The van der Waals surface area contributed by atoms with Crippen LogP contribution in [-0.2, 0) is 10.2 Å². The average Bonchev–Trinajstić information content (AvgIpc) is 3.55. The molecule has 0 radical (unpaired) electrons. The summed E-state index contributed by atoms with van der Waals surface area (Å²) in [6.45, 7) is 7.88. The Hall–Kier alpha value is -4.59. The smallest absolute Gasteiger partial charge is 0.308 e. The van der Waals surface area contributed by atoms with Gasteiger partial charge in [-0.15, -0.1) is 20.4 Å². The third-order valence-corrected chi connectivity index (χ3v) is 5.57. The maximum absolute atomic E-state index is 11.1. The van der Waals surface area contributed by atoms with Gasteiger partial charge in [-0.25, -0.2) is 0 Å². The maximum Gasteiger partial charge on any atom is 0.308 e. The van der Waals surface area contributed by atoms with E-state index in [0.717, 1.165) is 16.7 Å². The Morgan fingerprint density at radius 1 is 0.667 bits per heavy atom. The van der Waals surface area contributed by atoms with Crippen LogP contribution in [0, 0.1) is 0 Å². The quantitative estimate of drug-likeness (QED) is 0.212. The molecule has 0 saturated heterocycles. The molecule has 5 rings (SSSR count). The molecule has 0 amide bonds. The lowest BCUT2D eigenvalue weighted by Gasteiger charge is -2.18. The van der Waals surface area contributed by atoms with Crippen molar-refractivity contribution in [1.29, 1.82) is 0 Å². The van der Waals surface area contributed by atoms with Crippen molar-refractivity contribution in [1.82, 2.24) is 20.4 Å². The van der Waals surface area contributed by atoms with Crippen LogP contribution < -0.4 is 4.74 Å². The van der Waals surface area contributed by atoms with E-state index < -0.39 is 0 Å². The molecular formula is C28H24N4O4. The molecular weight excluding hydrogens is 456 g/mol. The van der Waals surface area contributed by atoms with Crippen LogP contribution in [0.3, 0.4) is 0 Å². The van der Waals surface area contributed by atoms with E-state index in [1.807, 2.05) is 36.4 Å². The minimum Gasteiger partial charge on any atom is -0.427 e. The molecule has 180 valence electrons. The number of aromatic nitrogens is 4. The fraction of sp³-hybridized carbons (Fsp3) is 0.179. The Morgan fingerprint density at radius 2 is 1.11 bits per heavy atom. The molecule has 8 heteroatoms. The number of carbonyl (C=O) groups is 1. The van der Waals surface area contributed by atoms with Crippen LogP contribution in [0.2, 0.25) is 0 Å². The van der Waals surface area contributed by atoms with Crippen LogP contribution in [0.1, 0.15) is 33.3 Å². The van der Waals surface area contributed by atoms with E-state index in [9.17, 15) is 4.79 Å². The van der Waals surface area contributed by atoms with Gasteiger partial charge in [-0.3, -0.25) is 4.79 Å². The van der Waals surface area contributed by atoms with Gasteiger partial charge in [0.15, 0.2) is 0 Å². The Balaban J connectivity index is 1.36. The van der Waals surface area contributed by atoms with E-state index >= 15 is 0 Å². The summed E-state index contributed by atoms with van der Waals surface area (Å²) in [5.74, 6) is 1.62. The molecule has 0 aliphatic heterocycles. The molecule has 0 fully saturated rings. The Bertz CT molecular complexity index is 1510. The van der Waals surface area contributed by atoms with Crippen LogP contribution in [0.15, 0.2) is 81.6 Å². The van der Waals surface area contributed by atoms with Crippen LogP contribution in [0.25, 0.3) is 45.8 Å². The molecule has 2 aromatic heterocycles. The van der Waals surface area contributed by atoms with Crippen molar-refractivity contribution in [2.24, 2.45) is 0 Å². The molecule has 0 aliphatic carbocycles. The molecule has 0 bridgehead atoms. The predicted molar refractivity (Wildman–Crippen MR) is 134 cm³/mol. The number of nitrogens with zero attached hydrogens (tertiary/aromatic N) is 4. The van der Waals surface area contributed by atoms with Crippen molar-refractivity contribution in [3.63, 3.8) is 0 Å². The second kappa shape index (κ2) is 9.22. The summed E-state index contributed by atoms with van der Waals surface area (Å²) in [5.41, 5.74) is 4.33. The summed E-state index contributed by atoms with van der Waals surface area (Å²) in [6.07, 6.45) is 0. The van der Waals surface area contributed by atoms with E-state index in [4.69, 9.17) is 13.6 Å². The van der Waals surface area contributed by atoms with Gasteiger partial charge in [0.05, 0.1) is 0 Å². The summed E-state index contributed by atoms with van der Waals surface area (Å²) in [6, 6.07) is 22.5.